The van der Waals surface area contributed by atoms with Crippen LogP contribution in [0.1, 0.15) is 144 Å². The molecule has 0 saturated carbocycles. The average molecular weight is 738 g/mol. The molecule has 8 nitrogen and oxygen atoms in total. The molecule has 6 rings (SSSR count). The summed E-state index contributed by atoms with van der Waals surface area (Å²) in [6.45, 7) is 30.6. The smallest absolute Gasteiger partial charge is 0.412 e. The fourth-order valence-corrected chi connectivity index (χ4v) is 6.55. The molecule has 1 fully saturated rings. The van der Waals surface area contributed by atoms with E-state index in [9.17, 15) is 10.1 Å². The summed E-state index contributed by atoms with van der Waals surface area (Å²) in [5, 5.41) is 14.4. The predicted octanol–water partition coefficient (Wildman–Crippen LogP) is 13.1. The Kier molecular flexibility index (Phi) is 20.4. The minimum absolute atomic E-state index is 0.147. The van der Waals surface area contributed by atoms with E-state index < -0.39 is 17.5 Å². The summed E-state index contributed by atoms with van der Waals surface area (Å²) in [6, 6.07) is 6.36. The summed E-state index contributed by atoms with van der Waals surface area (Å²) in [4.78, 5) is 24.4. The number of nitrogens with zero attached hydrogens (tertiary/aromatic N) is 4. The number of carbonyl (C=O) groups excluding carboxylic acids is 1. The van der Waals surface area contributed by atoms with E-state index in [4.69, 9.17) is 14.5 Å². The number of carbonyl (C=O) groups is 1. The Morgan fingerprint density at radius 3 is 2.13 bits per heavy atom. The largest absolute Gasteiger partial charge is 0.444 e. The van der Waals surface area contributed by atoms with Gasteiger partial charge in [-0.1, -0.05) is 88.5 Å². The number of anilines is 2. The minimum Gasteiger partial charge on any atom is -0.444 e. The van der Waals surface area contributed by atoms with E-state index in [1.165, 1.54) is 25.5 Å². The van der Waals surface area contributed by atoms with E-state index in [1.807, 2.05) is 48.5 Å². The molecule has 2 aliphatic heterocycles. The first kappa shape index (κ1) is 46.2. The van der Waals surface area contributed by atoms with Crippen molar-refractivity contribution in [2.24, 2.45) is 0 Å². The summed E-state index contributed by atoms with van der Waals surface area (Å²) in [5.41, 5.74) is 4.43. The van der Waals surface area contributed by atoms with Gasteiger partial charge >= 0.3 is 6.09 Å². The van der Waals surface area contributed by atoms with Crippen LogP contribution in [0, 0.1) is 24.1 Å². The predicted molar refractivity (Wildman–Crippen MR) is 220 cm³/mol. The number of hydrogen-bond acceptors (Lipinski definition) is 8. The van der Waals surface area contributed by atoms with Gasteiger partial charge in [0.25, 0.3) is 0 Å². The van der Waals surface area contributed by atoms with Crippen LogP contribution in [-0.2, 0) is 22.7 Å². The lowest BCUT2D eigenvalue weighted by molar-refractivity contribution is 0.0636. The van der Waals surface area contributed by atoms with E-state index in [1.54, 1.807) is 20.8 Å². The van der Waals surface area contributed by atoms with Crippen LogP contribution >= 0.6 is 11.3 Å². The first-order valence-electron chi connectivity index (χ1n) is 19.3. The monoisotopic (exact) mass is 737 g/mol. The molecule has 1 aromatic carbocycles. The van der Waals surface area contributed by atoms with Crippen LogP contribution in [-0.4, -0.2) is 34.8 Å². The van der Waals surface area contributed by atoms with Crippen LogP contribution in [0.15, 0.2) is 18.3 Å². The average Bonchev–Trinajstić information content (AvgIpc) is 3.93. The van der Waals surface area contributed by atoms with Crippen molar-refractivity contribution in [3.8, 4) is 17.3 Å². The summed E-state index contributed by atoms with van der Waals surface area (Å²) in [6.07, 6.45) is 6.64. The fraction of sp³-hybridized carbons (Fsp3) is 0.571. The third-order valence-corrected chi connectivity index (χ3v) is 8.77. The Labute approximate surface area is 317 Å². The molecule has 10 heteroatoms. The van der Waals surface area contributed by atoms with Crippen molar-refractivity contribution >= 4 is 49.2 Å². The van der Waals surface area contributed by atoms with Gasteiger partial charge in [0, 0.05) is 29.4 Å². The number of benzene rings is 1. The number of rotatable bonds is 4. The normalized spacial score (nSPS) is 12.6. The molecule has 0 aliphatic carbocycles. The van der Waals surface area contributed by atoms with Crippen LogP contribution in [0.2, 0.25) is 0 Å². The molecular formula is C42H64FN5O3S. The van der Waals surface area contributed by atoms with E-state index >= 15 is 4.39 Å². The molecule has 288 valence electrons. The lowest BCUT2D eigenvalue weighted by Gasteiger charge is -2.20. The molecule has 0 spiro atoms. The molecule has 1 N–H and O–H groups in total. The maximum Gasteiger partial charge on any atom is 0.412 e. The molecule has 2 aliphatic rings. The van der Waals surface area contributed by atoms with Crippen molar-refractivity contribution in [1.29, 1.82) is 5.26 Å². The zero-order valence-corrected chi connectivity index (χ0v) is 35.2. The number of aryl methyl sites for hydroxylation is 1. The third-order valence-electron chi connectivity index (χ3n) is 7.66. The first-order chi connectivity index (χ1) is 25.0. The van der Waals surface area contributed by atoms with Gasteiger partial charge < -0.3 is 14.4 Å². The summed E-state index contributed by atoms with van der Waals surface area (Å²) in [5.74, 6) is 0.371. The molecule has 0 bridgehead atoms. The number of pyridine rings is 2. The van der Waals surface area contributed by atoms with E-state index in [-0.39, 0.29) is 15.3 Å². The number of nitrogens with one attached hydrogen (secondary N) is 1. The van der Waals surface area contributed by atoms with Gasteiger partial charge in [-0.25, -0.2) is 14.2 Å². The number of amides is 1. The number of hydrogen-bond donors (Lipinski definition) is 1. The van der Waals surface area contributed by atoms with E-state index in [2.05, 4.69) is 61.1 Å². The molecule has 1 amide bonds. The highest BCUT2D eigenvalue weighted by molar-refractivity contribution is 7.23. The number of halogens is 1. The maximum absolute atomic E-state index is 15.1. The Morgan fingerprint density at radius 1 is 1.02 bits per heavy atom. The molecule has 0 atom stereocenters. The zero-order chi connectivity index (χ0) is 39.6. The van der Waals surface area contributed by atoms with Crippen molar-refractivity contribution < 1.29 is 18.7 Å². The topological polar surface area (TPSA) is 100 Å². The standard InChI is InChI=1S/C29H28FN5O3S.C4H10.C3H8.3C2H6/c1-15-22(19-14-37-13-18(19)16-7-8-21(33-24(15)16)35-9-5-6-10-35)25-23-17(11-31)27(34-28(36)38-29(2,3)4)39-26(23)20(30)12-32-25;1-3-4-2;1-3-2;3*1-2/h7-8,12H,5-6,9-10,13-14H2,1-4H3,(H,34,36);3-4H2,1-2H3;3H2,1-2H3;3*1-2H3. The zero-order valence-electron chi connectivity index (χ0n) is 34.4. The van der Waals surface area contributed by atoms with Gasteiger partial charge in [0.1, 0.15) is 22.5 Å². The van der Waals surface area contributed by atoms with Crippen molar-refractivity contribution in [3.05, 3.63) is 46.4 Å². The summed E-state index contributed by atoms with van der Waals surface area (Å²) >= 11 is 0.997. The van der Waals surface area contributed by atoms with Gasteiger partial charge in [0.2, 0.25) is 0 Å². The Balaban J connectivity index is 0.000000922. The highest BCUT2D eigenvalue weighted by Gasteiger charge is 2.29. The first-order valence-corrected chi connectivity index (χ1v) is 20.1. The second-order valence-electron chi connectivity index (χ2n) is 12.6. The molecule has 5 heterocycles. The van der Waals surface area contributed by atoms with Crippen LogP contribution in [0.3, 0.4) is 0 Å². The van der Waals surface area contributed by atoms with Gasteiger partial charge in [-0.3, -0.25) is 10.3 Å². The third kappa shape index (κ3) is 11.3. The molecule has 0 unspecified atom stereocenters. The van der Waals surface area contributed by atoms with Crippen molar-refractivity contribution in [3.63, 3.8) is 0 Å². The van der Waals surface area contributed by atoms with E-state index in [0.29, 0.717) is 24.3 Å². The Bertz CT molecular complexity index is 1750. The van der Waals surface area contributed by atoms with Gasteiger partial charge in [0.15, 0.2) is 5.82 Å². The van der Waals surface area contributed by atoms with Crippen molar-refractivity contribution in [2.75, 3.05) is 23.3 Å². The van der Waals surface area contributed by atoms with E-state index in [0.717, 1.165) is 76.2 Å². The van der Waals surface area contributed by atoms with Crippen LogP contribution in [0.4, 0.5) is 20.0 Å². The highest BCUT2D eigenvalue weighted by atomic mass is 32.1. The minimum atomic E-state index is -0.727. The Morgan fingerprint density at radius 2 is 1.60 bits per heavy atom. The van der Waals surface area contributed by atoms with Gasteiger partial charge in [-0.15, -0.1) is 11.3 Å². The van der Waals surface area contributed by atoms with Crippen molar-refractivity contribution in [1.82, 2.24) is 9.97 Å². The molecule has 52 heavy (non-hydrogen) atoms. The fourth-order valence-electron chi connectivity index (χ4n) is 5.51. The number of fused-ring (bicyclic) bond motifs is 4. The molecular weight excluding hydrogens is 674 g/mol. The number of thiophene rings is 1. The number of unbranched alkanes of at least 4 members (excludes halogenated alkanes) is 1. The molecule has 4 aromatic rings. The van der Waals surface area contributed by atoms with Crippen LogP contribution < -0.4 is 10.2 Å². The van der Waals surface area contributed by atoms with Crippen LogP contribution in [0.25, 0.3) is 32.2 Å². The second kappa shape index (κ2) is 23.0. The highest BCUT2D eigenvalue weighted by Crippen LogP contribution is 2.46. The maximum atomic E-state index is 15.1. The molecule has 1 saturated heterocycles. The number of ether oxygens (including phenoxy) is 2. The summed E-state index contributed by atoms with van der Waals surface area (Å²) < 4.78 is 26.6. The second-order valence-corrected chi connectivity index (χ2v) is 13.6. The lowest BCUT2D eigenvalue weighted by Crippen LogP contribution is -2.27. The Hall–Kier alpha value is -3.81. The lowest BCUT2D eigenvalue weighted by atomic mass is 9.90. The SMILES string of the molecule is CC.CC.CC.CCC.CCCC.Cc1c(-c2ncc(F)c3sc(NC(=O)OC(C)(C)C)c(C#N)c23)c2c(c3ccc(N4CCCC4)nc13)COC2. The number of nitriles is 1. The van der Waals surface area contributed by atoms with Gasteiger partial charge in [0.05, 0.1) is 40.9 Å². The summed E-state index contributed by atoms with van der Waals surface area (Å²) in [7, 11) is 0. The quantitative estimate of drug-likeness (QED) is 0.222. The number of aromatic nitrogens is 2. The molecule has 0 radical (unpaired) electrons. The van der Waals surface area contributed by atoms with Gasteiger partial charge in [-0.05, 0) is 69.4 Å². The molecule has 3 aromatic heterocycles. The van der Waals surface area contributed by atoms with Gasteiger partial charge in [-0.2, -0.15) is 5.26 Å². The van der Waals surface area contributed by atoms with Crippen LogP contribution in [0.5, 0.6) is 0 Å². The van der Waals surface area contributed by atoms with Crippen molar-refractivity contribution in [2.45, 2.75) is 148 Å².